The lowest BCUT2D eigenvalue weighted by Crippen LogP contribution is -2.31. The second-order valence-corrected chi connectivity index (χ2v) is 8.95. The molecule has 0 radical (unpaired) electrons. The van der Waals surface area contributed by atoms with Gasteiger partial charge < -0.3 is 5.11 Å². The fourth-order valence-corrected chi connectivity index (χ4v) is 5.12. The SMILES string of the molecule is Oc1c(C(c2cc(C(F)(F)F)ccc2Cl)C2CCC2c2ccc(F)cn2)ccc2cccnc12. The van der Waals surface area contributed by atoms with E-state index in [2.05, 4.69) is 9.97 Å². The van der Waals surface area contributed by atoms with E-state index in [1.807, 2.05) is 0 Å². The predicted molar refractivity (Wildman–Crippen MR) is 121 cm³/mol. The molecule has 0 amide bonds. The van der Waals surface area contributed by atoms with Crippen molar-refractivity contribution in [2.24, 2.45) is 5.92 Å². The average molecular weight is 487 g/mol. The third-order valence-corrected chi connectivity index (χ3v) is 7.00. The van der Waals surface area contributed by atoms with Crippen LogP contribution in [0.2, 0.25) is 5.02 Å². The summed E-state index contributed by atoms with van der Waals surface area (Å²) in [6.45, 7) is 0. The molecule has 3 atom stereocenters. The van der Waals surface area contributed by atoms with E-state index in [1.165, 1.54) is 12.1 Å². The smallest absolute Gasteiger partial charge is 0.416 e. The molecule has 2 heterocycles. The lowest BCUT2D eigenvalue weighted by molar-refractivity contribution is -0.137. The van der Waals surface area contributed by atoms with E-state index in [-0.39, 0.29) is 28.2 Å². The Labute approximate surface area is 198 Å². The first kappa shape index (κ1) is 22.6. The zero-order chi connectivity index (χ0) is 24.0. The Morgan fingerprint density at radius 3 is 2.47 bits per heavy atom. The van der Waals surface area contributed by atoms with Gasteiger partial charge in [-0.1, -0.05) is 29.8 Å². The topological polar surface area (TPSA) is 46.0 Å². The molecular formula is C26H19ClF4N2O. The summed E-state index contributed by atoms with van der Waals surface area (Å²) >= 11 is 6.47. The average Bonchev–Trinajstić information content (AvgIpc) is 2.79. The van der Waals surface area contributed by atoms with Crippen LogP contribution in [0.25, 0.3) is 10.9 Å². The molecule has 1 aliphatic carbocycles. The molecule has 0 bridgehead atoms. The van der Waals surface area contributed by atoms with Crippen LogP contribution in [0.4, 0.5) is 17.6 Å². The standard InChI is InChI=1S/C26H19ClF4N2O/c27-21-9-4-15(26(29,30)31)12-20(21)23(18-8-7-17(18)22-10-5-16(28)13-33-22)19-6-3-14-2-1-11-32-24(14)25(19)34/h1-6,9-13,17-18,23,34H,7-8H2. The van der Waals surface area contributed by atoms with Gasteiger partial charge in [-0.15, -0.1) is 0 Å². The third kappa shape index (κ3) is 3.98. The molecule has 34 heavy (non-hydrogen) atoms. The molecule has 0 saturated heterocycles. The summed E-state index contributed by atoms with van der Waals surface area (Å²) in [5, 5.41) is 12.1. The molecule has 3 unspecified atom stereocenters. The first-order valence-electron chi connectivity index (χ1n) is 10.8. The van der Waals surface area contributed by atoms with Crippen LogP contribution in [-0.4, -0.2) is 15.1 Å². The molecule has 2 aromatic heterocycles. The minimum absolute atomic E-state index is 0.0886. The van der Waals surface area contributed by atoms with Gasteiger partial charge in [0.25, 0.3) is 0 Å². The number of alkyl halides is 3. The molecular weight excluding hydrogens is 468 g/mol. The highest BCUT2D eigenvalue weighted by Gasteiger charge is 2.43. The summed E-state index contributed by atoms with van der Waals surface area (Å²) in [7, 11) is 0. The summed E-state index contributed by atoms with van der Waals surface area (Å²) in [5.74, 6) is -1.53. The van der Waals surface area contributed by atoms with Gasteiger partial charge in [0.2, 0.25) is 0 Å². The monoisotopic (exact) mass is 486 g/mol. The number of pyridine rings is 2. The maximum absolute atomic E-state index is 13.6. The number of halogens is 5. The van der Waals surface area contributed by atoms with Gasteiger partial charge in [0.05, 0.1) is 11.8 Å². The van der Waals surface area contributed by atoms with Crippen molar-refractivity contribution in [1.82, 2.24) is 9.97 Å². The summed E-state index contributed by atoms with van der Waals surface area (Å²) in [6.07, 6.45) is -0.445. The molecule has 1 fully saturated rings. The van der Waals surface area contributed by atoms with Gasteiger partial charge in [0, 0.05) is 39.7 Å². The van der Waals surface area contributed by atoms with Gasteiger partial charge >= 0.3 is 6.18 Å². The first-order valence-corrected chi connectivity index (χ1v) is 11.2. The van der Waals surface area contributed by atoms with E-state index in [9.17, 15) is 22.7 Å². The quantitative estimate of drug-likeness (QED) is 0.304. The lowest BCUT2D eigenvalue weighted by atomic mass is 9.62. The third-order valence-electron chi connectivity index (χ3n) is 6.66. The van der Waals surface area contributed by atoms with E-state index < -0.39 is 23.5 Å². The zero-order valence-corrected chi connectivity index (χ0v) is 18.5. The maximum atomic E-state index is 13.6. The molecule has 4 aromatic rings. The Bertz CT molecular complexity index is 1360. The normalized spacial score (nSPS) is 19.1. The van der Waals surface area contributed by atoms with Crippen molar-refractivity contribution in [2.75, 3.05) is 0 Å². The minimum Gasteiger partial charge on any atom is -0.505 e. The Kier molecular flexibility index (Phi) is 5.68. The van der Waals surface area contributed by atoms with Gasteiger partial charge in [0.1, 0.15) is 17.1 Å². The Hall–Kier alpha value is -3.19. The Morgan fingerprint density at radius 2 is 1.79 bits per heavy atom. The predicted octanol–water partition coefficient (Wildman–Crippen LogP) is 7.47. The maximum Gasteiger partial charge on any atom is 0.416 e. The van der Waals surface area contributed by atoms with Crippen LogP contribution >= 0.6 is 11.6 Å². The van der Waals surface area contributed by atoms with Crippen molar-refractivity contribution in [3.63, 3.8) is 0 Å². The van der Waals surface area contributed by atoms with Crippen molar-refractivity contribution < 1.29 is 22.7 Å². The molecule has 5 rings (SSSR count). The molecule has 3 nitrogen and oxygen atoms in total. The van der Waals surface area contributed by atoms with E-state index in [1.54, 1.807) is 36.5 Å². The number of rotatable bonds is 4. The summed E-state index contributed by atoms with van der Waals surface area (Å²) in [4.78, 5) is 8.48. The Balaban J connectivity index is 1.69. The highest BCUT2D eigenvalue weighted by atomic mass is 35.5. The first-order chi connectivity index (χ1) is 16.2. The molecule has 0 aliphatic heterocycles. The van der Waals surface area contributed by atoms with Gasteiger partial charge in [-0.2, -0.15) is 13.2 Å². The number of nitrogens with zero attached hydrogens (tertiary/aromatic N) is 2. The van der Waals surface area contributed by atoms with Crippen LogP contribution in [0.5, 0.6) is 5.75 Å². The number of aromatic nitrogens is 2. The molecule has 2 aromatic carbocycles. The number of hydrogen-bond acceptors (Lipinski definition) is 3. The van der Waals surface area contributed by atoms with Crippen LogP contribution in [0.3, 0.4) is 0 Å². The van der Waals surface area contributed by atoms with Crippen molar-refractivity contribution >= 4 is 22.5 Å². The number of fused-ring (bicyclic) bond motifs is 1. The molecule has 174 valence electrons. The van der Waals surface area contributed by atoms with Gasteiger partial charge in [-0.3, -0.25) is 9.97 Å². The van der Waals surface area contributed by atoms with Crippen molar-refractivity contribution in [1.29, 1.82) is 0 Å². The number of aromatic hydroxyl groups is 1. The Morgan fingerprint density at radius 1 is 0.971 bits per heavy atom. The second kappa shape index (κ2) is 8.55. The second-order valence-electron chi connectivity index (χ2n) is 8.54. The fourth-order valence-electron chi connectivity index (χ4n) is 4.88. The molecule has 0 spiro atoms. The van der Waals surface area contributed by atoms with Crippen LogP contribution in [0, 0.1) is 11.7 Å². The zero-order valence-electron chi connectivity index (χ0n) is 17.7. The highest BCUT2D eigenvalue weighted by molar-refractivity contribution is 6.31. The van der Waals surface area contributed by atoms with E-state index >= 15 is 0 Å². The van der Waals surface area contributed by atoms with E-state index in [4.69, 9.17) is 11.6 Å². The summed E-state index contributed by atoms with van der Waals surface area (Å²) < 4.78 is 54.2. The highest BCUT2D eigenvalue weighted by Crippen LogP contribution is 2.55. The van der Waals surface area contributed by atoms with Gasteiger partial charge in [-0.05, 0) is 60.7 Å². The number of benzene rings is 2. The molecule has 1 N–H and O–H groups in total. The number of phenols is 1. The van der Waals surface area contributed by atoms with Gasteiger partial charge in [-0.25, -0.2) is 4.39 Å². The van der Waals surface area contributed by atoms with E-state index in [0.29, 0.717) is 28.6 Å². The van der Waals surface area contributed by atoms with Crippen LogP contribution in [0.15, 0.2) is 67.0 Å². The molecule has 1 aliphatic rings. The van der Waals surface area contributed by atoms with Crippen molar-refractivity contribution in [3.8, 4) is 5.75 Å². The van der Waals surface area contributed by atoms with Gasteiger partial charge in [0.15, 0.2) is 0 Å². The fraction of sp³-hybridized carbons (Fsp3) is 0.231. The van der Waals surface area contributed by atoms with Crippen molar-refractivity contribution in [2.45, 2.75) is 30.9 Å². The minimum atomic E-state index is -4.55. The van der Waals surface area contributed by atoms with Crippen LogP contribution < -0.4 is 0 Å². The van der Waals surface area contributed by atoms with Crippen LogP contribution in [-0.2, 0) is 6.18 Å². The number of phenolic OH excluding ortho intramolecular Hbond substituents is 1. The molecule has 1 saturated carbocycles. The number of hydrogen-bond donors (Lipinski definition) is 1. The van der Waals surface area contributed by atoms with Crippen molar-refractivity contribution in [3.05, 3.63) is 100 Å². The summed E-state index contributed by atoms with van der Waals surface area (Å²) in [6, 6.07) is 13.2. The van der Waals surface area contributed by atoms with Crippen LogP contribution in [0.1, 0.15) is 47.1 Å². The van der Waals surface area contributed by atoms with E-state index in [0.717, 1.165) is 24.8 Å². The molecule has 8 heteroatoms. The lowest BCUT2D eigenvalue weighted by Gasteiger charge is -2.42. The largest absolute Gasteiger partial charge is 0.505 e. The summed E-state index contributed by atoms with van der Waals surface area (Å²) in [5.41, 5.74) is 0.933.